The number of hydrogen-bond acceptors (Lipinski definition) is 7. The number of aromatic hydroxyl groups is 1. The van der Waals surface area contributed by atoms with Crippen LogP contribution in [0, 0.1) is 0 Å². The number of carbonyl (C=O) groups is 1. The summed E-state index contributed by atoms with van der Waals surface area (Å²) in [6, 6.07) is 15.7. The molecule has 1 aliphatic heterocycles. The van der Waals surface area contributed by atoms with Crippen molar-refractivity contribution in [2.45, 2.75) is 26.2 Å². The molecule has 5 rings (SSSR count). The molecule has 0 unspecified atom stereocenters. The second-order valence-electron chi connectivity index (χ2n) is 8.26. The summed E-state index contributed by atoms with van der Waals surface area (Å²) in [5, 5.41) is 16.2. The Balaban J connectivity index is 1.28. The summed E-state index contributed by atoms with van der Waals surface area (Å²) in [5.74, 6) is 1.41. The van der Waals surface area contributed by atoms with Crippen LogP contribution in [0.2, 0.25) is 0 Å². The van der Waals surface area contributed by atoms with Gasteiger partial charge >= 0.3 is 0 Å². The quantitative estimate of drug-likeness (QED) is 0.313. The van der Waals surface area contributed by atoms with Crippen molar-refractivity contribution in [2.24, 2.45) is 0 Å². The highest BCUT2D eigenvalue weighted by molar-refractivity contribution is 7.80. The lowest BCUT2D eigenvalue weighted by Gasteiger charge is -2.11. The van der Waals surface area contributed by atoms with Gasteiger partial charge in [-0.1, -0.05) is 19.9 Å². The van der Waals surface area contributed by atoms with E-state index in [1.165, 1.54) is 11.6 Å². The lowest BCUT2D eigenvalue weighted by molar-refractivity contribution is 0.0977. The molecule has 9 heteroatoms. The molecule has 8 nitrogen and oxygen atoms in total. The minimum Gasteiger partial charge on any atom is -0.507 e. The van der Waals surface area contributed by atoms with Crippen LogP contribution in [0.3, 0.4) is 0 Å². The number of anilines is 1. The van der Waals surface area contributed by atoms with E-state index in [1.54, 1.807) is 30.3 Å². The SMILES string of the molecule is CC[C@H](C)c1ccc2oc(-c3ccc(NC(=S)NC(=O)c4ccc5c(c4)OCO5)cc3O)nc2c1. The molecule has 0 bridgehead atoms. The number of phenolic OH excluding ortho intramolecular Hbond substituents is 1. The Bertz CT molecular complexity index is 1450. The van der Waals surface area contributed by atoms with Crippen molar-refractivity contribution in [2.75, 3.05) is 12.1 Å². The topological polar surface area (TPSA) is 106 Å². The number of thiocarbonyl (C=S) groups is 1. The minimum absolute atomic E-state index is 0.0337. The molecular weight excluding hydrogens is 466 g/mol. The summed E-state index contributed by atoms with van der Waals surface area (Å²) in [4.78, 5) is 17.1. The largest absolute Gasteiger partial charge is 0.507 e. The standard InChI is InChI=1S/C26H23N3O5S/c1-3-14(2)15-4-8-21-19(10-15)28-25(34-21)18-7-6-17(12-20(18)30)27-26(35)29-24(31)16-5-9-22-23(11-16)33-13-32-22/h4-12,14,30H,3,13H2,1-2H3,(H2,27,29,31,35)/t14-/m0/s1. The predicted octanol–water partition coefficient (Wildman–Crippen LogP) is 5.57. The van der Waals surface area contributed by atoms with Crippen LogP contribution >= 0.6 is 12.2 Å². The number of hydrogen-bond donors (Lipinski definition) is 3. The molecule has 0 fully saturated rings. The second-order valence-corrected chi connectivity index (χ2v) is 8.67. The van der Waals surface area contributed by atoms with Crippen molar-refractivity contribution in [3.8, 4) is 28.7 Å². The molecule has 1 aromatic heterocycles. The van der Waals surface area contributed by atoms with E-state index in [-0.39, 0.29) is 17.7 Å². The maximum atomic E-state index is 12.5. The highest BCUT2D eigenvalue weighted by atomic mass is 32.1. The van der Waals surface area contributed by atoms with Gasteiger partial charge in [0.1, 0.15) is 11.3 Å². The Labute approximate surface area is 206 Å². The summed E-state index contributed by atoms with van der Waals surface area (Å²) in [6.07, 6.45) is 1.03. The first kappa shape index (κ1) is 22.7. The fourth-order valence-electron chi connectivity index (χ4n) is 3.77. The van der Waals surface area contributed by atoms with E-state index >= 15 is 0 Å². The van der Waals surface area contributed by atoms with Crippen molar-refractivity contribution < 1.29 is 23.8 Å². The Kier molecular flexibility index (Phi) is 6.00. The molecule has 1 aliphatic rings. The zero-order valence-electron chi connectivity index (χ0n) is 19.1. The fourth-order valence-corrected chi connectivity index (χ4v) is 3.98. The van der Waals surface area contributed by atoms with Gasteiger partial charge in [-0.2, -0.15) is 0 Å². The zero-order chi connectivity index (χ0) is 24.5. The van der Waals surface area contributed by atoms with E-state index in [2.05, 4.69) is 29.5 Å². The van der Waals surface area contributed by atoms with Crippen LogP contribution in [0.15, 0.2) is 59.0 Å². The van der Waals surface area contributed by atoms with Gasteiger partial charge in [-0.15, -0.1) is 0 Å². The average Bonchev–Trinajstić information content (AvgIpc) is 3.49. The molecule has 178 valence electrons. The average molecular weight is 490 g/mol. The Morgan fingerprint density at radius 1 is 1.11 bits per heavy atom. The number of fused-ring (bicyclic) bond motifs is 2. The van der Waals surface area contributed by atoms with Gasteiger partial charge in [-0.25, -0.2) is 4.98 Å². The Morgan fingerprint density at radius 2 is 1.94 bits per heavy atom. The number of aromatic nitrogens is 1. The van der Waals surface area contributed by atoms with Crippen LogP contribution in [-0.4, -0.2) is 27.9 Å². The molecule has 4 aromatic rings. The number of rotatable bonds is 5. The maximum absolute atomic E-state index is 12.5. The second kappa shape index (κ2) is 9.27. The summed E-state index contributed by atoms with van der Waals surface area (Å²) in [5.41, 5.74) is 3.92. The Hall–Kier alpha value is -4.11. The smallest absolute Gasteiger partial charge is 0.257 e. The van der Waals surface area contributed by atoms with Crippen molar-refractivity contribution in [1.29, 1.82) is 0 Å². The summed E-state index contributed by atoms with van der Waals surface area (Å²) in [7, 11) is 0. The van der Waals surface area contributed by atoms with Crippen molar-refractivity contribution in [1.82, 2.24) is 10.3 Å². The lowest BCUT2D eigenvalue weighted by atomic mass is 9.98. The van der Waals surface area contributed by atoms with Crippen LogP contribution in [0.1, 0.15) is 42.1 Å². The molecule has 3 aromatic carbocycles. The summed E-state index contributed by atoms with van der Waals surface area (Å²) >= 11 is 5.26. The number of nitrogens with one attached hydrogen (secondary N) is 2. The molecule has 3 N–H and O–H groups in total. The fraction of sp³-hybridized carbons (Fsp3) is 0.192. The van der Waals surface area contributed by atoms with Gasteiger partial charge in [0.05, 0.1) is 5.56 Å². The molecule has 0 aliphatic carbocycles. The summed E-state index contributed by atoms with van der Waals surface area (Å²) in [6.45, 7) is 4.44. The van der Waals surface area contributed by atoms with Gasteiger partial charge in [0.2, 0.25) is 12.7 Å². The van der Waals surface area contributed by atoms with E-state index in [4.69, 9.17) is 26.1 Å². The highest BCUT2D eigenvalue weighted by Crippen LogP contribution is 2.34. The Morgan fingerprint density at radius 3 is 2.74 bits per heavy atom. The molecule has 0 spiro atoms. The van der Waals surface area contributed by atoms with Gasteiger partial charge in [-0.05, 0) is 72.6 Å². The number of carbonyl (C=O) groups excluding carboxylic acids is 1. The van der Waals surface area contributed by atoms with Crippen LogP contribution in [-0.2, 0) is 0 Å². The number of oxazole rings is 1. The first-order valence-electron chi connectivity index (χ1n) is 11.2. The van der Waals surface area contributed by atoms with Crippen LogP contribution in [0.4, 0.5) is 5.69 Å². The molecule has 0 saturated carbocycles. The van der Waals surface area contributed by atoms with E-state index in [0.717, 1.165) is 11.9 Å². The molecular formula is C26H23N3O5S. The maximum Gasteiger partial charge on any atom is 0.257 e. The molecule has 0 saturated heterocycles. The van der Waals surface area contributed by atoms with E-state index in [0.29, 0.717) is 45.7 Å². The van der Waals surface area contributed by atoms with Crippen molar-refractivity contribution >= 4 is 40.0 Å². The van der Waals surface area contributed by atoms with E-state index in [1.807, 2.05) is 18.2 Å². The van der Waals surface area contributed by atoms with Gasteiger partial charge in [0.25, 0.3) is 5.91 Å². The van der Waals surface area contributed by atoms with E-state index < -0.39 is 5.91 Å². The van der Waals surface area contributed by atoms with Gasteiger partial charge in [-0.3, -0.25) is 10.1 Å². The lowest BCUT2D eigenvalue weighted by Crippen LogP contribution is -2.34. The van der Waals surface area contributed by atoms with Crippen LogP contribution < -0.4 is 20.1 Å². The monoisotopic (exact) mass is 489 g/mol. The number of benzene rings is 3. The first-order chi connectivity index (χ1) is 16.9. The molecule has 1 atom stereocenters. The predicted molar refractivity (Wildman–Crippen MR) is 136 cm³/mol. The minimum atomic E-state index is -0.398. The third kappa shape index (κ3) is 4.63. The van der Waals surface area contributed by atoms with Gasteiger partial charge in [0, 0.05) is 17.3 Å². The zero-order valence-corrected chi connectivity index (χ0v) is 19.9. The van der Waals surface area contributed by atoms with Crippen LogP contribution in [0.25, 0.3) is 22.6 Å². The number of nitrogens with zero attached hydrogens (tertiary/aromatic N) is 1. The third-order valence-corrected chi connectivity index (χ3v) is 6.14. The number of amides is 1. The number of ether oxygens (including phenoxy) is 2. The van der Waals surface area contributed by atoms with Crippen LogP contribution in [0.5, 0.6) is 17.2 Å². The highest BCUT2D eigenvalue weighted by Gasteiger charge is 2.18. The van der Waals surface area contributed by atoms with Crippen molar-refractivity contribution in [3.63, 3.8) is 0 Å². The van der Waals surface area contributed by atoms with Gasteiger partial charge in [0.15, 0.2) is 22.2 Å². The number of phenols is 1. The summed E-state index contributed by atoms with van der Waals surface area (Å²) < 4.78 is 16.4. The molecule has 1 amide bonds. The van der Waals surface area contributed by atoms with Crippen molar-refractivity contribution in [3.05, 3.63) is 65.7 Å². The molecule has 2 heterocycles. The normalized spacial score (nSPS) is 13.0. The molecule has 35 heavy (non-hydrogen) atoms. The van der Waals surface area contributed by atoms with Gasteiger partial charge < -0.3 is 24.3 Å². The molecule has 0 radical (unpaired) electrons. The first-order valence-corrected chi connectivity index (χ1v) is 11.6. The van der Waals surface area contributed by atoms with E-state index in [9.17, 15) is 9.90 Å². The third-order valence-electron chi connectivity index (χ3n) is 5.94.